The monoisotopic (exact) mass is 516 g/mol. The summed E-state index contributed by atoms with van der Waals surface area (Å²) in [6.45, 7) is 7.14. The Morgan fingerprint density at radius 3 is 2.39 bits per heavy atom. The van der Waals surface area contributed by atoms with E-state index in [2.05, 4.69) is 0 Å². The molecule has 0 spiro atoms. The molecule has 0 aliphatic carbocycles. The third-order valence-corrected chi connectivity index (χ3v) is 7.59. The SMILES string of the molecule is CC[C@H](C=C(C)[C@@H]1C[C@@H](OC)C[C@@H]2O[C@@](O)(CC(=O)C2(C)C)C[C@@H](O)C[C@@H](OC)[C@H](O)C(=O)O1)CO. The van der Waals surface area contributed by atoms with Crippen molar-refractivity contribution >= 4 is 11.8 Å². The van der Waals surface area contributed by atoms with E-state index in [9.17, 15) is 30.0 Å². The van der Waals surface area contributed by atoms with Gasteiger partial charge in [-0.3, -0.25) is 4.79 Å². The molecule has 2 bridgehead atoms. The molecule has 2 fully saturated rings. The third-order valence-electron chi connectivity index (χ3n) is 7.59. The second-order valence-electron chi connectivity index (χ2n) is 10.7. The molecular weight excluding hydrogens is 472 g/mol. The lowest BCUT2D eigenvalue weighted by molar-refractivity contribution is -0.283. The Morgan fingerprint density at radius 1 is 1.17 bits per heavy atom. The molecule has 2 rings (SSSR count). The number of carbonyl (C=O) groups is 2. The number of esters is 1. The largest absolute Gasteiger partial charge is 0.456 e. The van der Waals surface area contributed by atoms with Crippen LogP contribution in [0.15, 0.2) is 11.6 Å². The molecule has 0 saturated carbocycles. The van der Waals surface area contributed by atoms with E-state index in [4.69, 9.17) is 18.9 Å². The number of rotatable bonds is 6. The van der Waals surface area contributed by atoms with Crippen LogP contribution in [-0.2, 0) is 28.5 Å². The van der Waals surface area contributed by atoms with Crippen molar-refractivity contribution in [2.24, 2.45) is 11.3 Å². The molecule has 2 heterocycles. The fourth-order valence-electron chi connectivity index (χ4n) is 4.88. The van der Waals surface area contributed by atoms with Crippen molar-refractivity contribution in [2.75, 3.05) is 20.8 Å². The molecule has 8 atom stereocenters. The first kappa shape index (κ1) is 30.8. The first-order valence-corrected chi connectivity index (χ1v) is 12.6. The predicted molar refractivity (Wildman–Crippen MR) is 130 cm³/mol. The van der Waals surface area contributed by atoms with Gasteiger partial charge < -0.3 is 39.4 Å². The Morgan fingerprint density at radius 2 is 1.83 bits per heavy atom. The summed E-state index contributed by atoms with van der Waals surface area (Å²) < 4.78 is 22.7. The number of carbonyl (C=O) groups excluding carboxylic acids is 2. The van der Waals surface area contributed by atoms with E-state index in [1.165, 1.54) is 14.2 Å². The molecule has 0 unspecified atom stereocenters. The fraction of sp³-hybridized carbons (Fsp3) is 0.846. The maximum absolute atomic E-state index is 13.0. The first-order valence-electron chi connectivity index (χ1n) is 12.6. The van der Waals surface area contributed by atoms with Crippen LogP contribution in [0.3, 0.4) is 0 Å². The first-order chi connectivity index (χ1) is 16.8. The van der Waals surface area contributed by atoms with Crippen LogP contribution in [0.2, 0.25) is 0 Å². The van der Waals surface area contributed by atoms with E-state index in [1.54, 1.807) is 20.8 Å². The van der Waals surface area contributed by atoms with Crippen molar-refractivity contribution in [2.45, 2.75) is 109 Å². The summed E-state index contributed by atoms with van der Waals surface area (Å²) in [6.07, 6.45) is -3.96. The van der Waals surface area contributed by atoms with E-state index in [-0.39, 0.29) is 50.4 Å². The highest BCUT2D eigenvalue weighted by Gasteiger charge is 2.52. The number of methoxy groups -OCH3 is 2. The second-order valence-corrected chi connectivity index (χ2v) is 10.7. The van der Waals surface area contributed by atoms with Gasteiger partial charge in [-0.25, -0.2) is 4.79 Å². The summed E-state index contributed by atoms with van der Waals surface area (Å²) in [5, 5.41) is 42.1. The van der Waals surface area contributed by atoms with Crippen LogP contribution in [0.1, 0.15) is 66.2 Å². The van der Waals surface area contributed by atoms with Gasteiger partial charge >= 0.3 is 5.97 Å². The number of hydrogen-bond donors (Lipinski definition) is 4. The lowest BCUT2D eigenvalue weighted by Crippen LogP contribution is -2.56. The van der Waals surface area contributed by atoms with Crippen molar-refractivity contribution in [1.29, 1.82) is 0 Å². The van der Waals surface area contributed by atoms with E-state index in [0.717, 1.165) is 0 Å². The van der Waals surface area contributed by atoms with Crippen LogP contribution < -0.4 is 0 Å². The molecule has 0 radical (unpaired) electrons. The minimum Gasteiger partial charge on any atom is -0.456 e. The summed E-state index contributed by atoms with van der Waals surface area (Å²) in [5.74, 6) is -3.17. The molecule has 10 heteroatoms. The highest BCUT2D eigenvalue weighted by atomic mass is 16.6. The number of ether oxygens (including phenoxy) is 4. The van der Waals surface area contributed by atoms with Crippen molar-refractivity contribution in [3.63, 3.8) is 0 Å². The van der Waals surface area contributed by atoms with Crippen molar-refractivity contribution in [3.05, 3.63) is 11.6 Å². The Labute approximate surface area is 213 Å². The summed E-state index contributed by atoms with van der Waals surface area (Å²) in [6, 6.07) is 0. The van der Waals surface area contributed by atoms with Crippen molar-refractivity contribution in [1.82, 2.24) is 0 Å². The van der Waals surface area contributed by atoms with E-state index in [0.29, 0.717) is 12.0 Å². The van der Waals surface area contributed by atoms with Gasteiger partial charge in [0.1, 0.15) is 11.9 Å². The zero-order chi connectivity index (χ0) is 27.3. The minimum atomic E-state index is -1.91. The maximum Gasteiger partial charge on any atom is 0.338 e. The normalized spacial score (nSPS) is 37.7. The molecule has 0 amide bonds. The highest BCUT2D eigenvalue weighted by molar-refractivity contribution is 5.86. The molecule has 2 saturated heterocycles. The van der Waals surface area contributed by atoms with Crippen LogP contribution >= 0.6 is 0 Å². The van der Waals surface area contributed by atoms with E-state index < -0.39 is 53.8 Å². The molecule has 2 aliphatic heterocycles. The predicted octanol–water partition coefficient (Wildman–Crippen LogP) is 1.26. The number of ketones is 1. The summed E-state index contributed by atoms with van der Waals surface area (Å²) in [5.41, 5.74) is -0.242. The number of Topliss-reactive ketones (excluding diaryl/α,β-unsaturated/α-hetero) is 1. The maximum atomic E-state index is 13.0. The van der Waals surface area contributed by atoms with Crippen LogP contribution in [0.5, 0.6) is 0 Å². The van der Waals surface area contributed by atoms with Gasteiger partial charge in [-0.1, -0.05) is 26.8 Å². The van der Waals surface area contributed by atoms with Crippen LogP contribution in [-0.4, -0.2) is 95.4 Å². The quantitative estimate of drug-likeness (QED) is 0.300. The fourth-order valence-corrected chi connectivity index (χ4v) is 4.88. The Bertz CT molecular complexity index is 777. The Hall–Kier alpha value is -1.40. The molecular formula is C26H44O10. The number of fused-ring (bicyclic) bond motifs is 2. The van der Waals surface area contributed by atoms with E-state index in [1.807, 2.05) is 13.0 Å². The summed E-state index contributed by atoms with van der Waals surface area (Å²) in [4.78, 5) is 26.0. The van der Waals surface area contributed by atoms with Crippen molar-refractivity contribution < 1.29 is 49.0 Å². The number of cyclic esters (lactones) is 1. The van der Waals surface area contributed by atoms with E-state index >= 15 is 0 Å². The molecule has 10 nitrogen and oxygen atoms in total. The zero-order valence-electron chi connectivity index (χ0n) is 22.3. The summed E-state index contributed by atoms with van der Waals surface area (Å²) >= 11 is 0. The minimum absolute atomic E-state index is 0.0702. The standard InChI is InChI=1S/C26H44O10/c1-7-16(14-27)8-15(2)19-10-18(33-5)11-22-25(3,4)21(29)13-26(32,36-22)12-17(28)9-20(34-6)23(30)24(31)35-19/h8,16-20,22-23,27-28,30,32H,7,9-14H2,1-6H3/t16-,17+,18-,19+,20-,22+,23+,26-/m1/s1. The second kappa shape index (κ2) is 12.9. The number of aliphatic hydroxyl groups is 4. The molecule has 36 heavy (non-hydrogen) atoms. The van der Waals surface area contributed by atoms with Gasteiger partial charge in [-0.2, -0.15) is 0 Å². The lowest BCUT2D eigenvalue weighted by atomic mass is 9.73. The number of aliphatic hydroxyl groups excluding tert-OH is 3. The van der Waals surface area contributed by atoms with Gasteiger partial charge in [0.2, 0.25) is 0 Å². The van der Waals surface area contributed by atoms with Gasteiger partial charge in [-0.15, -0.1) is 0 Å². The van der Waals surface area contributed by atoms with Crippen LogP contribution in [0.4, 0.5) is 0 Å². The van der Waals surface area contributed by atoms with Gasteiger partial charge in [0.05, 0.1) is 30.8 Å². The average molecular weight is 517 g/mol. The average Bonchev–Trinajstić information content (AvgIpc) is 2.81. The Kier molecular flexibility index (Phi) is 11.0. The molecule has 4 N–H and O–H groups in total. The molecule has 208 valence electrons. The van der Waals surface area contributed by atoms with Crippen LogP contribution in [0, 0.1) is 11.3 Å². The smallest absolute Gasteiger partial charge is 0.338 e. The molecule has 2 aliphatic rings. The highest BCUT2D eigenvalue weighted by Crippen LogP contribution is 2.42. The van der Waals surface area contributed by atoms with Crippen molar-refractivity contribution in [3.8, 4) is 0 Å². The topological polar surface area (TPSA) is 152 Å². The van der Waals surface area contributed by atoms with Gasteiger partial charge in [0, 0.05) is 57.8 Å². The molecule has 0 aromatic rings. The van der Waals surface area contributed by atoms with Crippen LogP contribution in [0.25, 0.3) is 0 Å². The van der Waals surface area contributed by atoms with Gasteiger partial charge in [0.15, 0.2) is 11.9 Å². The van der Waals surface area contributed by atoms with Gasteiger partial charge in [-0.05, 0) is 18.9 Å². The lowest BCUT2D eigenvalue weighted by Gasteiger charge is -2.47. The molecule has 0 aromatic heterocycles. The number of hydrogen-bond acceptors (Lipinski definition) is 10. The summed E-state index contributed by atoms with van der Waals surface area (Å²) in [7, 11) is 2.79. The zero-order valence-corrected chi connectivity index (χ0v) is 22.3. The Balaban J connectivity index is 2.49. The molecule has 0 aromatic carbocycles. The van der Waals surface area contributed by atoms with Gasteiger partial charge in [0.25, 0.3) is 0 Å². The third kappa shape index (κ3) is 7.56.